The first-order valence-electron chi connectivity index (χ1n) is 10.4. The molecule has 0 bridgehead atoms. The molecule has 0 spiro atoms. The molecule has 31 heavy (non-hydrogen) atoms. The van der Waals surface area contributed by atoms with E-state index in [4.69, 9.17) is 4.74 Å². The number of hydrogen-bond donors (Lipinski definition) is 2. The number of fused-ring (bicyclic) bond motifs is 3. The third-order valence-electron chi connectivity index (χ3n) is 5.56. The van der Waals surface area contributed by atoms with Crippen molar-refractivity contribution in [1.82, 2.24) is 5.32 Å². The molecule has 158 valence electrons. The number of benzene rings is 3. The molecule has 5 nitrogen and oxygen atoms in total. The molecule has 0 heterocycles. The van der Waals surface area contributed by atoms with Crippen molar-refractivity contribution in [2.75, 3.05) is 11.9 Å². The number of nitrogens with one attached hydrogen (secondary N) is 2. The molecule has 0 fully saturated rings. The van der Waals surface area contributed by atoms with Crippen LogP contribution < -0.4 is 10.6 Å². The van der Waals surface area contributed by atoms with Gasteiger partial charge in [0.05, 0.1) is 0 Å². The van der Waals surface area contributed by atoms with Gasteiger partial charge in [-0.3, -0.25) is 4.79 Å². The fourth-order valence-corrected chi connectivity index (χ4v) is 4.18. The predicted molar refractivity (Wildman–Crippen MR) is 122 cm³/mol. The van der Waals surface area contributed by atoms with E-state index in [0.29, 0.717) is 5.69 Å². The van der Waals surface area contributed by atoms with Crippen LogP contribution in [0.25, 0.3) is 11.1 Å². The standard InChI is InChI=1S/C26H26N2O3/c1-16-12-17(2)14-19(13-16)28-25(29)18(3)27-26(30)31-15-24-22-10-6-4-8-20(22)21-9-5-7-11-23(21)24/h4-14,18,24H,15H2,1-3H3,(H,27,30)(H,28,29). The van der Waals surface area contributed by atoms with Gasteiger partial charge in [-0.1, -0.05) is 54.6 Å². The van der Waals surface area contributed by atoms with Gasteiger partial charge < -0.3 is 15.4 Å². The monoisotopic (exact) mass is 414 g/mol. The Morgan fingerprint density at radius 1 is 0.903 bits per heavy atom. The zero-order valence-electron chi connectivity index (χ0n) is 17.9. The molecular formula is C26H26N2O3. The number of carbonyl (C=O) groups excluding carboxylic acids is 2. The van der Waals surface area contributed by atoms with Gasteiger partial charge in [0, 0.05) is 11.6 Å². The van der Waals surface area contributed by atoms with Gasteiger partial charge in [0.2, 0.25) is 5.91 Å². The van der Waals surface area contributed by atoms with Crippen LogP contribution >= 0.6 is 0 Å². The lowest BCUT2D eigenvalue weighted by atomic mass is 9.98. The zero-order chi connectivity index (χ0) is 22.0. The summed E-state index contributed by atoms with van der Waals surface area (Å²) >= 11 is 0. The molecule has 2 amide bonds. The van der Waals surface area contributed by atoms with Gasteiger partial charge in [-0.15, -0.1) is 0 Å². The van der Waals surface area contributed by atoms with Crippen LogP contribution in [0.15, 0.2) is 66.7 Å². The first-order valence-corrected chi connectivity index (χ1v) is 10.4. The van der Waals surface area contributed by atoms with Crippen molar-refractivity contribution in [3.8, 4) is 11.1 Å². The average molecular weight is 415 g/mol. The molecule has 1 atom stereocenters. The van der Waals surface area contributed by atoms with Gasteiger partial charge >= 0.3 is 6.09 Å². The van der Waals surface area contributed by atoms with Gasteiger partial charge in [0.1, 0.15) is 12.6 Å². The maximum Gasteiger partial charge on any atom is 0.407 e. The summed E-state index contributed by atoms with van der Waals surface area (Å²) in [6, 6.07) is 21.4. The van der Waals surface area contributed by atoms with E-state index in [1.165, 1.54) is 11.1 Å². The van der Waals surface area contributed by atoms with Crippen molar-refractivity contribution >= 4 is 17.7 Å². The van der Waals surface area contributed by atoms with Gasteiger partial charge in [0.25, 0.3) is 0 Å². The lowest BCUT2D eigenvalue weighted by molar-refractivity contribution is -0.117. The van der Waals surface area contributed by atoms with Crippen molar-refractivity contribution < 1.29 is 14.3 Å². The number of alkyl carbamates (subject to hydrolysis) is 1. The Hall–Kier alpha value is -3.60. The molecule has 0 aliphatic heterocycles. The molecule has 2 N–H and O–H groups in total. The van der Waals surface area contributed by atoms with Crippen LogP contribution in [0.5, 0.6) is 0 Å². The van der Waals surface area contributed by atoms with E-state index in [1.54, 1.807) is 6.92 Å². The number of aryl methyl sites for hydroxylation is 2. The first-order chi connectivity index (χ1) is 14.9. The van der Waals surface area contributed by atoms with E-state index in [0.717, 1.165) is 22.3 Å². The number of ether oxygens (including phenoxy) is 1. The minimum atomic E-state index is -0.725. The molecule has 1 unspecified atom stereocenters. The Kier molecular flexibility index (Phi) is 5.76. The smallest absolute Gasteiger partial charge is 0.407 e. The highest BCUT2D eigenvalue weighted by atomic mass is 16.5. The maximum atomic E-state index is 12.5. The summed E-state index contributed by atoms with van der Waals surface area (Å²) < 4.78 is 5.52. The Balaban J connectivity index is 1.36. The fraction of sp³-hybridized carbons (Fsp3) is 0.231. The molecular weight excluding hydrogens is 388 g/mol. The second-order valence-electron chi connectivity index (χ2n) is 8.06. The van der Waals surface area contributed by atoms with Crippen molar-refractivity contribution in [3.63, 3.8) is 0 Å². The highest BCUT2D eigenvalue weighted by Gasteiger charge is 2.29. The Morgan fingerprint density at radius 2 is 1.45 bits per heavy atom. The van der Waals surface area contributed by atoms with Gasteiger partial charge in [0.15, 0.2) is 0 Å². The molecule has 1 aliphatic carbocycles. The molecule has 0 radical (unpaired) electrons. The molecule has 0 saturated carbocycles. The average Bonchev–Trinajstić information content (AvgIpc) is 3.05. The second-order valence-corrected chi connectivity index (χ2v) is 8.06. The van der Waals surface area contributed by atoms with E-state index in [2.05, 4.69) is 34.9 Å². The Labute approximate surface area is 182 Å². The van der Waals surface area contributed by atoms with Crippen LogP contribution in [0.1, 0.15) is 35.1 Å². The van der Waals surface area contributed by atoms with Gasteiger partial charge in [-0.05, 0) is 66.3 Å². The maximum absolute atomic E-state index is 12.5. The topological polar surface area (TPSA) is 67.4 Å². The van der Waals surface area contributed by atoms with Crippen LogP contribution in [0.4, 0.5) is 10.5 Å². The fourth-order valence-electron chi connectivity index (χ4n) is 4.18. The van der Waals surface area contributed by atoms with Crippen molar-refractivity contribution in [1.29, 1.82) is 0 Å². The van der Waals surface area contributed by atoms with Crippen molar-refractivity contribution in [3.05, 3.63) is 89.0 Å². The SMILES string of the molecule is Cc1cc(C)cc(NC(=O)C(C)NC(=O)OCC2c3ccccc3-c3ccccc32)c1. The largest absolute Gasteiger partial charge is 0.449 e. The Bertz CT molecular complexity index is 1070. The molecule has 1 aliphatic rings. The highest BCUT2D eigenvalue weighted by molar-refractivity contribution is 5.96. The first kappa shape index (κ1) is 20.7. The van der Waals surface area contributed by atoms with E-state index in [9.17, 15) is 9.59 Å². The van der Waals surface area contributed by atoms with Crippen LogP contribution in [0.2, 0.25) is 0 Å². The summed E-state index contributed by atoms with van der Waals surface area (Å²) in [5.74, 6) is -0.309. The van der Waals surface area contributed by atoms with Crippen LogP contribution in [0, 0.1) is 13.8 Å². The number of hydrogen-bond acceptors (Lipinski definition) is 3. The Morgan fingerprint density at radius 3 is 2.03 bits per heavy atom. The normalized spacial score (nSPS) is 13.1. The number of rotatable bonds is 5. The molecule has 3 aromatic rings. The van der Waals surface area contributed by atoms with Gasteiger partial charge in [-0.25, -0.2) is 4.79 Å². The summed E-state index contributed by atoms with van der Waals surface area (Å²) in [6.45, 7) is 5.80. The predicted octanol–water partition coefficient (Wildman–Crippen LogP) is 5.17. The lowest BCUT2D eigenvalue weighted by Crippen LogP contribution is -2.42. The summed E-state index contributed by atoms with van der Waals surface area (Å²) in [5.41, 5.74) is 7.49. The van der Waals surface area contributed by atoms with Crippen molar-refractivity contribution in [2.45, 2.75) is 32.7 Å². The second kappa shape index (κ2) is 8.64. The third kappa shape index (κ3) is 4.45. The third-order valence-corrected chi connectivity index (χ3v) is 5.56. The number of carbonyl (C=O) groups is 2. The summed E-state index contributed by atoms with van der Waals surface area (Å²) in [6.07, 6.45) is -0.607. The zero-order valence-corrected chi connectivity index (χ0v) is 17.9. The van der Waals surface area contributed by atoms with Crippen molar-refractivity contribution in [2.24, 2.45) is 0 Å². The van der Waals surface area contributed by atoms with Crippen LogP contribution in [0.3, 0.4) is 0 Å². The van der Waals surface area contributed by atoms with Crippen LogP contribution in [-0.2, 0) is 9.53 Å². The van der Waals surface area contributed by atoms with E-state index >= 15 is 0 Å². The minimum Gasteiger partial charge on any atom is -0.449 e. The summed E-state index contributed by atoms with van der Waals surface area (Å²) in [5, 5.41) is 5.47. The van der Waals surface area contributed by atoms with E-state index in [1.807, 2.05) is 56.3 Å². The van der Waals surface area contributed by atoms with E-state index < -0.39 is 12.1 Å². The molecule has 5 heteroatoms. The minimum absolute atomic E-state index is 0.0162. The van der Waals surface area contributed by atoms with Crippen LogP contribution in [-0.4, -0.2) is 24.6 Å². The molecule has 3 aromatic carbocycles. The lowest BCUT2D eigenvalue weighted by Gasteiger charge is -2.17. The molecule has 0 saturated heterocycles. The summed E-state index contributed by atoms with van der Waals surface area (Å²) in [4.78, 5) is 24.9. The molecule has 0 aromatic heterocycles. The molecule has 4 rings (SSSR count). The number of amides is 2. The quantitative estimate of drug-likeness (QED) is 0.605. The highest BCUT2D eigenvalue weighted by Crippen LogP contribution is 2.44. The summed E-state index contributed by atoms with van der Waals surface area (Å²) in [7, 11) is 0. The van der Waals surface area contributed by atoms with Gasteiger partial charge in [-0.2, -0.15) is 0 Å². The van der Waals surface area contributed by atoms with E-state index in [-0.39, 0.29) is 18.4 Å². The number of anilines is 1.